The first-order chi connectivity index (χ1) is 16.8. The zero-order valence-electron chi connectivity index (χ0n) is 18.7. The van der Waals surface area contributed by atoms with Crippen molar-refractivity contribution in [3.63, 3.8) is 0 Å². The van der Waals surface area contributed by atoms with Gasteiger partial charge in [0.1, 0.15) is 5.75 Å². The highest BCUT2D eigenvalue weighted by molar-refractivity contribution is 5.92. The van der Waals surface area contributed by atoms with E-state index in [1.165, 1.54) is 48.5 Å². The van der Waals surface area contributed by atoms with Crippen molar-refractivity contribution >= 4 is 18.0 Å². The zero-order chi connectivity index (χ0) is 26.8. The van der Waals surface area contributed by atoms with Crippen molar-refractivity contribution in [2.75, 3.05) is 13.2 Å². The Morgan fingerprint density at radius 2 is 1.36 bits per heavy atom. The van der Waals surface area contributed by atoms with Crippen molar-refractivity contribution in [2.24, 2.45) is 0 Å². The van der Waals surface area contributed by atoms with Crippen LogP contribution in [0.1, 0.15) is 41.6 Å². The van der Waals surface area contributed by atoms with Gasteiger partial charge in [-0.05, 0) is 54.8 Å². The Morgan fingerprint density at radius 1 is 0.806 bits per heavy atom. The minimum Gasteiger partial charge on any atom is -0.490 e. The van der Waals surface area contributed by atoms with Crippen LogP contribution in [0.25, 0.3) is 6.08 Å². The van der Waals surface area contributed by atoms with E-state index in [1.54, 1.807) is 0 Å². The largest absolute Gasteiger partial charge is 0.490 e. The monoisotopic (exact) mass is 520 g/mol. The smallest absolute Gasteiger partial charge is 0.389 e. The lowest BCUT2D eigenvalue weighted by atomic mass is 10.2. The average Bonchev–Trinajstić information content (AvgIpc) is 2.78. The summed E-state index contributed by atoms with van der Waals surface area (Å²) in [4.78, 5) is 23.1. The molecule has 196 valence electrons. The molecule has 0 saturated carbocycles. The van der Waals surface area contributed by atoms with E-state index in [2.05, 4.69) is 0 Å². The molecule has 0 radical (unpaired) electrons. The van der Waals surface area contributed by atoms with E-state index in [-0.39, 0.29) is 48.9 Å². The van der Waals surface area contributed by atoms with Gasteiger partial charge in [0.25, 0.3) is 0 Å². The Bertz CT molecular complexity index is 1040. The van der Waals surface area contributed by atoms with Crippen LogP contribution < -0.4 is 14.2 Å². The fourth-order valence-corrected chi connectivity index (χ4v) is 2.76. The van der Waals surface area contributed by atoms with Gasteiger partial charge in [0.05, 0.1) is 18.8 Å². The summed E-state index contributed by atoms with van der Waals surface area (Å²) >= 11 is 0. The van der Waals surface area contributed by atoms with Gasteiger partial charge in [-0.1, -0.05) is 12.1 Å². The lowest BCUT2D eigenvalue weighted by Gasteiger charge is -2.15. The molecule has 0 fully saturated rings. The third-order valence-electron chi connectivity index (χ3n) is 4.41. The molecule has 1 N–H and O–H groups in total. The summed E-state index contributed by atoms with van der Waals surface area (Å²) < 4.78 is 90.0. The Hall–Kier alpha value is -3.70. The average molecular weight is 520 g/mol. The lowest BCUT2D eigenvalue weighted by Crippen LogP contribution is -2.12. The molecule has 0 atom stereocenters. The molecule has 12 heteroatoms. The third-order valence-corrected chi connectivity index (χ3v) is 4.41. The van der Waals surface area contributed by atoms with Crippen molar-refractivity contribution in [1.29, 1.82) is 0 Å². The van der Waals surface area contributed by atoms with E-state index < -0.39 is 37.1 Å². The highest BCUT2D eigenvalue weighted by Crippen LogP contribution is 2.31. The van der Waals surface area contributed by atoms with Crippen molar-refractivity contribution < 1.29 is 55.2 Å². The number of rotatable bonds is 12. The highest BCUT2D eigenvalue weighted by Gasteiger charge is 2.27. The highest BCUT2D eigenvalue weighted by atomic mass is 19.4. The standard InChI is InChI=1S/C24H22F6O6/c25-23(26,27)11-1-13-34-19-9-6-17(15-20(19)35-14-2-12-24(28,29)30)22(33)36-18-7-3-16(4-8-18)5-10-21(31)32/h3-10,15H,1-2,11-14H2,(H,31,32). The van der Waals surface area contributed by atoms with Gasteiger partial charge in [-0.15, -0.1) is 0 Å². The predicted octanol–water partition coefficient (Wildman–Crippen LogP) is 6.45. The molecular formula is C24H22F6O6. The maximum absolute atomic E-state index is 12.5. The second kappa shape index (κ2) is 12.8. The number of carbonyl (C=O) groups is 2. The molecule has 0 aromatic heterocycles. The molecule has 2 aromatic carbocycles. The van der Waals surface area contributed by atoms with E-state index in [1.807, 2.05) is 0 Å². The molecule has 0 aliphatic rings. The number of halogens is 6. The minimum absolute atomic E-state index is 0.0321. The molecule has 0 saturated heterocycles. The van der Waals surface area contributed by atoms with Crippen LogP contribution in [0, 0.1) is 0 Å². The SMILES string of the molecule is O=C(O)C=Cc1ccc(OC(=O)c2ccc(OCCCC(F)(F)F)c(OCCCC(F)(F)F)c2)cc1. The number of esters is 1. The molecule has 0 heterocycles. The number of ether oxygens (including phenoxy) is 3. The predicted molar refractivity (Wildman–Crippen MR) is 116 cm³/mol. The topological polar surface area (TPSA) is 82.1 Å². The van der Waals surface area contributed by atoms with Crippen molar-refractivity contribution in [3.05, 3.63) is 59.7 Å². The maximum atomic E-state index is 12.5. The van der Waals surface area contributed by atoms with E-state index >= 15 is 0 Å². The Kier molecular flexibility index (Phi) is 10.2. The summed E-state index contributed by atoms with van der Waals surface area (Å²) in [5.41, 5.74) is 0.497. The quantitative estimate of drug-likeness (QED) is 0.114. The second-order valence-corrected chi connectivity index (χ2v) is 7.43. The molecule has 0 amide bonds. The Morgan fingerprint density at radius 3 is 1.89 bits per heavy atom. The van der Waals surface area contributed by atoms with E-state index in [4.69, 9.17) is 19.3 Å². The van der Waals surface area contributed by atoms with Gasteiger partial charge < -0.3 is 19.3 Å². The van der Waals surface area contributed by atoms with Gasteiger partial charge in [0, 0.05) is 18.9 Å². The number of hydrogen-bond donors (Lipinski definition) is 1. The van der Waals surface area contributed by atoms with Gasteiger partial charge in [0.15, 0.2) is 11.5 Å². The van der Waals surface area contributed by atoms with Crippen molar-refractivity contribution in [1.82, 2.24) is 0 Å². The van der Waals surface area contributed by atoms with Gasteiger partial charge in [-0.2, -0.15) is 26.3 Å². The number of carbonyl (C=O) groups excluding carboxylic acids is 1. The van der Waals surface area contributed by atoms with Gasteiger partial charge in [-0.3, -0.25) is 0 Å². The van der Waals surface area contributed by atoms with Crippen LogP contribution in [-0.2, 0) is 4.79 Å². The molecule has 0 spiro atoms. The third kappa shape index (κ3) is 11.2. The molecule has 2 rings (SSSR count). The van der Waals surface area contributed by atoms with Gasteiger partial charge >= 0.3 is 24.3 Å². The molecule has 36 heavy (non-hydrogen) atoms. The second-order valence-electron chi connectivity index (χ2n) is 7.43. The molecular weight excluding hydrogens is 498 g/mol. The summed E-state index contributed by atoms with van der Waals surface area (Å²) in [7, 11) is 0. The van der Waals surface area contributed by atoms with Crippen LogP contribution in [0.4, 0.5) is 26.3 Å². The summed E-state index contributed by atoms with van der Waals surface area (Å²) in [6.45, 7) is -0.701. The molecule has 0 unspecified atom stereocenters. The number of aliphatic carboxylic acids is 1. The molecule has 6 nitrogen and oxygen atoms in total. The van der Waals surface area contributed by atoms with E-state index in [9.17, 15) is 35.9 Å². The van der Waals surface area contributed by atoms with E-state index in [0.717, 1.165) is 6.08 Å². The number of alkyl halides is 6. The normalized spacial score (nSPS) is 11.9. The maximum Gasteiger partial charge on any atom is 0.389 e. The molecule has 0 bridgehead atoms. The van der Waals surface area contributed by atoms with Crippen LogP contribution in [0.5, 0.6) is 17.2 Å². The van der Waals surface area contributed by atoms with Crippen LogP contribution in [0.3, 0.4) is 0 Å². The van der Waals surface area contributed by atoms with Gasteiger partial charge in [-0.25, -0.2) is 9.59 Å². The zero-order valence-corrected chi connectivity index (χ0v) is 18.7. The Labute approximate surface area is 202 Å². The van der Waals surface area contributed by atoms with Crippen molar-refractivity contribution in [3.8, 4) is 17.2 Å². The summed E-state index contributed by atoms with van der Waals surface area (Å²) in [5.74, 6) is -1.99. The first-order valence-corrected chi connectivity index (χ1v) is 10.6. The van der Waals surface area contributed by atoms with Crippen LogP contribution >= 0.6 is 0 Å². The number of benzene rings is 2. The fraction of sp³-hybridized carbons (Fsp3) is 0.333. The van der Waals surface area contributed by atoms with Crippen molar-refractivity contribution in [2.45, 2.75) is 38.0 Å². The Balaban J connectivity index is 2.09. The summed E-state index contributed by atoms with van der Waals surface area (Å²) in [5, 5.41) is 8.64. The summed E-state index contributed by atoms with van der Waals surface area (Å²) in [6, 6.07) is 9.55. The molecule has 0 aliphatic heterocycles. The number of carboxylic acids is 1. The van der Waals surface area contributed by atoms with Gasteiger partial charge in [0.2, 0.25) is 0 Å². The van der Waals surface area contributed by atoms with Crippen LogP contribution in [-0.4, -0.2) is 42.6 Å². The van der Waals surface area contributed by atoms with Crippen LogP contribution in [0.2, 0.25) is 0 Å². The number of hydrogen-bond acceptors (Lipinski definition) is 5. The van der Waals surface area contributed by atoms with Crippen LogP contribution in [0.15, 0.2) is 48.5 Å². The first-order valence-electron chi connectivity index (χ1n) is 10.6. The summed E-state index contributed by atoms with van der Waals surface area (Å²) in [6.07, 6.45) is -9.39. The molecule has 0 aliphatic carbocycles. The lowest BCUT2D eigenvalue weighted by molar-refractivity contribution is -0.137. The molecule has 2 aromatic rings. The fourth-order valence-electron chi connectivity index (χ4n) is 2.76. The number of carboxylic acid groups (broad SMARTS) is 1. The van der Waals surface area contributed by atoms with E-state index in [0.29, 0.717) is 5.56 Å². The first kappa shape index (κ1) is 28.5. The minimum atomic E-state index is -4.38.